The zero-order chi connectivity index (χ0) is 16.7. The lowest BCUT2D eigenvalue weighted by molar-refractivity contribution is 0.317. The maximum Gasteiger partial charge on any atom is 0.0794 e. The van der Waals surface area contributed by atoms with Gasteiger partial charge in [-0.1, -0.05) is 24.8 Å². The fourth-order valence-electron chi connectivity index (χ4n) is 3.95. The number of aryl methyl sites for hydroxylation is 1. The van der Waals surface area contributed by atoms with E-state index in [-0.39, 0.29) is 0 Å². The van der Waals surface area contributed by atoms with Crippen LogP contribution in [0.2, 0.25) is 0 Å². The number of hydrogen-bond donors (Lipinski definition) is 1. The molecule has 2 fully saturated rings. The molecular weight excluding hydrogens is 296 g/mol. The highest BCUT2D eigenvalue weighted by Crippen LogP contribution is 2.35. The first-order chi connectivity index (χ1) is 11.6. The molecule has 0 spiro atoms. The minimum absolute atomic E-state index is 0.947. The molecule has 0 radical (unpaired) electrons. The highest BCUT2D eigenvalue weighted by Gasteiger charge is 2.31. The molecule has 4 nitrogen and oxygen atoms in total. The number of para-hydroxylation sites is 1. The molecule has 126 valence electrons. The second-order valence-electron chi connectivity index (χ2n) is 6.91. The first kappa shape index (κ1) is 15.2. The van der Waals surface area contributed by atoms with Crippen LogP contribution in [0.25, 0.3) is 0 Å². The number of benzene rings is 1. The molecule has 4 heteroatoms. The van der Waals surface area contributed by atoms with Crippen LogP contribution in [0.4, 0.5) is 5.69 Å². The minimum Gasteiger partial charge on any atom is -0.395 e. The number of nitrogens with zero attached hydrogens (tertiary/aromatic N) is 3. The lowest BCUT2D eigenvalue weighted by Gasteiger charge is -2.42. The van der Waals surface area contributed by atoms with E-state index in [1.807, 2.05) is 0 Å². The number of nitrogens with two attached hydrogens (primary N) is 1. The molecule has 2 heterocycles. The fraction of sp³-hybridized carbons (Fsp3) is 0.400. The van der Waals surface area contributed by atoms with Gasteiger partial charge in [-0.3, -0.25) is 0 Å². The summed E-state index contributed by atoms with van der Waals surface area (Å²) in [5.41, 5.74) is 13.6. The normalized spacial score (nSPS) is 21.3. The molecule has 3 aliphatic rings. The van der Waals surface area contributed by atoms with Gasteiger partial charge in [0, 0.05) is 44.1 Å². The Labute approximate surface area is 144 Å². The molecule has 0 saturated carbocycles. The Kier molecular flexibility index (Phi) is 3.75. The number of likely N-dealkylation sites (tertiary alicyclic amines) is 1. The zero-order valence-corrected chi connectivity index (χ0v) is 14.5. The molecule has 2 aliphatic heterocycles. The van der Waals surface area contributed by atoms with E-state index in [1.54, 1.807) is 0 Å². The first-order valence-corrected chi connectivity index (χ1v) is 8.88. The first-order valence-electron chi connectivity index (χ1n) is 8.88. The van der Waals surface area contributed by atoms with Gasteiger partial charge in [-0.05, 0) is 37.5 Å². The number of allylic oxidation sites excluding steroid dienone is 2. The summed E-state index contributed by atoms with van der Waals surface area (Å²) in [5, 5.41) is 0. The molecule has 0 unspecified atom stereocenters. The maximum absolute atomic E-state index is 6.38. The van der Waals surface area contributed by atoms with Gasteiger partial charge in [0.05, 0.1) is 17.1 Å². The van der Waals surface area contributed by atoms with Crippen LogP contribution in [0.3, 0.4) is 0 Å². The van der Waals surface area contributed by atoms with E-state index in [2.05, 4.69) is 58.5 Å². The monoisotopic (exact) mass is 322 g/mol. The summed E-state index contributed by atoms with van der Waals surface area (Å²) in [5.74, 6) is 0. The molecule has 0 amide bonds. The summed E-state index contributed by atoms with van der Waals surface area (Å²) in [6.07, 6.45) is 4.53. The second kappa shape index (κ2) is 5.93. The third kappa shape index (κ3) is 2.46. The van der Waals surface area contributed by atoms with E-state index in [9.17, 15) is 0 Å². The highest BCUT2D eigenvalue weighted by molar-refractivity contribution is 5.54. The predicted molar refractivity (Wildman–Crippen MR) is 99.3 cm³/mol. The van der Waals surface area contributed by atoms with Gasteiger partial charge in [-0.25, -0.2) is 0 Å². The third-order valence-corrected chi connectivity index (χ3v) is 5.42. The average molecular weight is 322 g/mol. The van der Waals surface area contributed by atoms with E-state index < -0.39 is 0 Å². The second-order valence-corrected chi connectivity index (χ2v) is 6.91. The van der Waals surface area contributed by atoms with Crippen molar-refractivity contribution in [2.45, 2.75) is 19.8 Å². The summed E-state index contributed by atoms with van der Waals surface area (Å²) >= 11 is 0. The van der Waals surface area contributed by atoms with E-state index >= 15 is 0 Å². The highest BCUT2D eigenvalue weighted by atomic mass is 15.3. The fourth-order valence-corrected chi connectivity index (χ4v) is 3.95. The van der Waals surface area contributed by atoms with Gasteiger partial charge in [-0.15, -0.1) is 0 Å². The Morgan fingerprint density at radius 3 is 2.33 bits per heavy atom. The van der Waals surface area contributed by atoms with Crippen molar-refractivity contribution in [2.24, 2.45) is 5.73 Å². The maximum atomic E-state index is 6.38. The van der Waals surface area contributed by atoms with Gasteiger partial charge in [0.15, 0.2) is 0 Å². The Balaban J connectivity index is 1.40. The van der Waals surface area contributed by atoms with Gasteiger partial charge in [0.25, 0.3) is 0 Å². The topological polar surface area (TPSA) is 35.7 Å². The smallest absolute Gasteiger partial charge is 0.0794 e. The average Bonchev–Trinajstić information content (AvgIpc) is 3.00. The Morgan fingerprint density at radius 2 is 1.71 bits per heavy atom. The van der Waals surface area contributed by atoms with Crippen LogP contribution < -0.4 is 10.6 Å². The standard InChI is InChI=1S/C20H26N4/c1-15-6-3-4-8-17(15)22-10-12-23(13-11-22)18-14-19(20(18)21)24-9-5-7-16(24)2/h3-4,6,8,14H,2,5,7,9-13,21H2,1H3. The summed E-state index contributed by atoms with van der Waals surface area (Å²) in [4.78, 5) is 7.18. The molecule has 2 saturated heterocycles. The SMILES string of the molecule is C=C1CCCN1C1=CC(N2CCN(c3ccccc3C)CC2)=C1N. The van der Waals surface area contributed by atoms with Crippen LogP contribution >= 0.6 is 0 Å². The number of anilines is 1. The summed E-state index contributed by atoms with van der Waals surface area (Å²) in [6, 6.07) is 8.64. The molecule has 0 atom stereocenters. The molecule has 0 bridgehead atoms. The quantitative estimate of drug-likeness (QED) is 0.928. The molecule has 1 aliphatic carbocycles. The number of rotatable bonds is 3. The van der Waals surface area contributed by atoms with Gasteiger partial charge in [0.2, 0.25) is 0 Å². The van der Waals surface area contributed by atoms with Gasteiger partial charge < -0.3 is 20.4 Å². The molecule has 4 rings (SSSR count). The van der Waals surface area contributed by atoms with Crippen molar-refractivity contribution >= 4 is 5.69 Å². The van der Waals surface area contributed by atoms with Crippen molar-refractivity contribution in [3.63, 3.8) is 0 Å². The predicted octanol–water partition coefficient (Wildman–Crippen LogP) is 2.79. The zero-order valence-electron chi connectivity index (χ0n) is 14.5. The molecule has 24 heavy (non-hydrogen) atoms. The van der Waals surface area contributed by atoms with E-state index in [4.69, 9.17) is 5.73 Å². The minimum atomic E-state index is 0.947. The summed E-state index contributed by atoms with van der Waals surface area (Å²) in [6.45, 7) is 11.5. The Morgan fingerprint density at radius 1 is 1.00 bits per heavy atom. The molecule has 2 N–H and O–H groups in total. The number of hydrogen-bond acceptors (Lipinski definition) is 4. The van der Waals surface area contributed by atoms with Crippen molar-refractivity contribution in [3.05, 3.63) is 65.3 Å². The van der Waals surface area contributed by atoms with Crippen molar-refractivity contribution in [3.8, 4) is 0 Å². The van der Waals surface area contributed by atoms with E-state index in [0.717, 1.165) is 44.8 Å². The molecular formula is C20H26N4. The lowest BCUT2D eigenvalue weighted by Crippen LogP contribution is -2.48. The van der Waals surface area contributed by atoms with Crippen molar-refractivity contribution in [1.29, 1.82) is 0 Å². The van der Waals surface area contributed by atoms with Crippen LogP contribution in [-0.2, 0) is 0 Å². The van der Waals surface area contributed by atoms with Gasteiger partial charge in [0.1, 0.15) is 0 Å². The van der Waals surface area contributed by atoms with Gasteiger partial charge >= 0.3 is 0 Å². The molecule has 0 aromatic heterocycles. The van der Waals surface area contributed by atoms with Crippen molar-refractivity contribution < 1.29 is 0 Å². The Bertz CT molecular complexity index is 723. The van der Waals surface area contributed by atoms with Crippen LogP contribution in [0.15, 0.2) is 59.7 Å². The number of piperazine rings is 1. The third-order valence-electron chi connectivity index (χ3n) is 5.42. The summed E-state index contributed by atoms with van der Waals surface area (Å²) < 4.78 is 0. The van der Waals surface area contributed by atoms with Crippen LogP contribution in [0.5, 0.6) is 0 Å². The Hall–Kier alpha value is -2.36. The lowest BCUT2D eigenvalue weighted by atomic mass is 10.0. The van der Waals surface area contributed by atoms with Crippen molar-refractivity contribution in [1.82, 2.24) is 9.80 Å². The van der Waals surface area contributed by atoms with Crippen LogP contribution in [0.1, 0.15) is 18.4 Å². The van der Waals surface area contributed by atoms with Crippen molar-refractivity contribution in [2.75, 3.05) is 37.6 Å². The van der Waals surface area contributed by atoms with E-state index in [0.29, 0.717) is 0 Å². The van der Waals surface area contributed by atoms with E-state index in [1.165, 1.54) is 34.8 Å². The summed E-state index contributed by atoms with van der Waals surface area (Å²) in [7, 11) is 0. The van der Waals surface area contributed by atoms with Gasteiger partial charge in [-0.2, -0.15) is 0 Å². The molecule has 1 aromatic carbocycles. The van der Waals surface area contributed by atoms with Crippen LogP contribution in [-0.4, -0.2) is 42.5 Å². The molecule has 1 aromatic rings. The largest absolute Gasteiger partial charge is 0.395 e. The van der Waals surface area contributed by atoms with Crippen LogP contribution in [0, 0.1) is 6.92 Å².